The van der Waals surface area contributed by atoms with Crippen LogP contribution in [0.15, 0.2) is 24.3 Å². The molecule has 0 aliphatic carbocycles. The standard InChI is InChI=1S/C16H23N3/c1-3-14-7-8-16(19-9-5-4-6-10-19)18-15(14)11-13(2)12-17/h3,7-8,11H,2,4-6,9-10,12,17H2,1H3/b14-3-,15-11+. The van der Waals surface area contributed by atoms with Crippen LogP contribution >= 0.6 is 0 Å². The fraction of sp³-hybridized carbons (Fsp3) is 0.438. The molecule has 102 valence electrons. The first-order valence-electron chi connectivity index (χ1n) is 7.02. The van der Waals surface area contributed by atoms with E-state index in [0.717, 1.165) is 35.0 Å². The fourth-order valence-corrected chi connectivity index (χ4v) is 2.39. The van der Waals surface area contributed by atoms with Crippen LogP contribution < -0.4 is 21.2 Å². The summed E-state index contributed by atoms with van der Waals surface area (Å²) in [6.07, 6.45) is 7.92. The Morgan fingerprint density at radius 2 is 2.11 bits per heavy atom. The van der Waals surface area contributed by atoms with E-state index in [4.69, 9.17) is 10.7 Å². The Hall–Kier alpha value is -1.61. The van der Waals surface area contributed by atoms with Gasteiger partial charge in [0.1, 0.15) is 5.82 Å². The summed E-state index contributed by atoms with van der Waals surface area (Å²) in [5, 5.41) is 2.11. The van der Waals surface area contributed by atoms with Gasteiger partial charge in [0.25, 0.3) is 0 Å². The monoisotopic (exact) mass is 257 g/mol. The van der Waals surface area contributed by atoms with Crippen molar-refractivity contribution in [2.24, 2.45) is 5.73 Å². The molecule has 2 N–H and O–H groups in total. The second kappa shape index (κ2) is 6.53. The van der Waals surface area contributed by atoms with Gasteiger partial charge in [0.05, 0.1) is 5.35 Å². The maximum absolute atomic E-state index is 5.61. The van der Waals surface area contributed by atoms with Crippen molar-refractivity contribution in [2.75, 3.05) is 24.5 Å². The van der Waals surface area contributed by atoms with Gasteiger partial charge in [0.2, 0.25) is 0 Å². The molecule has 1 aliphatic rings. The highest BCUT2D eigenvalue weighted by Crippen LogP contribution is 2.14. The van der Waals surface area contributed by atoms with E-state index >= 15 is 0 Å². The summed E-state index contributed by atoms with van der Waals surface area (Å²) in [6, 6.07) is 4.25. The molecule has 19 heavy (non-hydrogen) atoms. The minimum Gasteiger partial charge on any atom is -0.357 e. The molecule has 1 aliphatic heterocycles. The van der Waals surface area contributed by atoms with E-state index in [1.807, 2.05) is 13.0 Å². The highest BCUT2D eigenvalue weighted by atomic mass is 15.2. The molecule has 0 amide bonds. The van der Waals surface area contributed by atoms with Gasteiger partial charge in [-0.05, 0) is 55.2 Å². The Morgan fingerprint density at radius 1 is 1.37 bits per heavy atom. The maximum atomic E-state index is 5.61. The van der Waals surface area contributed by atoms with Gasteiger partial charge in [0, 0.05) is 19.6 Å². The highest BCUT2D eigenvalue weighted by Gasteiger charge is 2.11. The summed E-state index contributed by atoms with van der Waals surface area (Å²) in [7, 11) is 0. The molecule has 2 rings (SSSR count). The van der Waals surface area contributed by atoms with E-state index in [1.165, 1.54) is 19.3 Å². The van der Waals surface area contributed by atoms with Crippen LogP contribution in [0, 0.1) is 0 Å². The van der Waals surface area contributed by atoms with Crippen LogP contribution in [0.2, 0.25) is 0 Å². The van der Waals surface area contributed by atoms with Crippen LogP contribution in [-0.2, 0) is 0 Å². The first kappa shape index (κ1) is 13.8. The summed E-state index contributed by atoms with van der Waals surface area (Å²) >= 11 is 0. The molecule has 1 fully saturated rings. The summed E-state index contributed by atoms with van der Waals surface area (Å²) in [6.45, 7) is 8.66. The van der Waals surface area contributed by atoms with Gasteiger partial charge in [-0.15, -0.1) is 0 Å². The number of nitrogens with zero attached hydrogens (tertiary/aromatic N) is 2. The topological polar surface area (TPSA) is 42.2 Å². The van der Waals surface area contributed by atoms with Crippen molar-refractivity contribution >= 4 is 18.0 Å². The molecule has 0 atom stereocenters. The van der Waals surface area contributed by atoms with Crippen molar-refractivity contribution in [1.29, 1.82) is 0 Å². The van der Waals surface area contributed by atoms with Crippen LogP contribution in [0.25, 0.3) is 12.2 Å². The van der Waals surface area contributed by atoms with Gasteiger partial charge in [-0.3, -0.25) is 0 Å². The van der Waals surface area contributed by atoms with Crippen LogP contribution in [-0.4, -0.2) is 24.6 Å². The van der Waals surface area contributed by atoms with Crippen molar-refractivity contribution in [3.63, 3.8) is 0 Å². The number of aromatic nitrogens is 1. The molecule has 1 aromatic rings. The van der Waals surface area contributed by atoms with Crippen molar-refractivity contribution in [3.05, 3.63) is 34.9 Å². The molecule has 0 aromatic carbocycles. The molecule has 0 bridgehead atoms. The van der Waals surface area contributed by atoms with E-state index in [9.17, 15) is 0 Å². The molecule has 3 nitrogen and oxygen atoms in total. The molecule has 0 unspecified atom stereocenters. The zero-order chi connectivity index (χ0) is 13.7. The smallest absolute Gasteiger partial charge is 0.129 e. The molecule has 3 heteroatoms. The number of hydrogen-bond donors (Lipinski definition) is 1. The van der Waals surface area contributed by atoms with Gasteiger partial charge in [-0.2, -0.15) is 0 Å². The summed E-state index contributed by atoms with van der Waals surface area (Å²) in [4.78, 5) is 7.14. The Balaban J connectivity index is 2.40. The zero-order valence-corrected chi connectivity index (χ0v) is 11.7. The average molecular weight is 257 g/mol. The van der Waals surface area contributed by atoms with Crippen molar-refractivity contribution in [2.45, 2.75) is 26.2 Å². The predicted molar refractivity (Wildman–Crippen MR) is 82.3 cm³/mol. The largest absolute Gasteiger partial charge is 0.357 e. The van der Waals surface area contributed by atoms with Gasteiger partial charge < -0.3 is 10.6 Å². The van der Waals surface area contributed by atoms with Gasteiger partial charge in [-0.1, -0.05) is 12.7 Å². The zero-order valence-electron chi connectivity index (χ0n) is 11.7. The number of nitrogens with two attached hydrogens (primary N) is 1. The van der Waals surface area contributed by atoms with Gasteiger partial charge in [0.15, 0.2) is 0 Å². The SMILES string of the molecule is C=C(/C=c1/nc(N2CCCCC2)cc/c1=C/C)CN. The van der Waals surface area contributed by atoms with E-state index in [2.05, 4.69) is 29.7 Å². The third-order valence-corrected chi connectivity index (χ3v) is 3.54. The molecule has 1 saturated heterocycles. The summed E-state index contributed by atoms with van der Waals surface area (Å²) < 4.78 is 0. The van der Waals surface area contributed by atoms with E-state index < -0.39 is 0 Å². The first-order valence-corrected chi connectivity index (χ1v) is 7.02. The summed E-state index contributed by atoms with van der Waals surface area (Å²) in [5.41, 5.74) is 6.52. The average Bonchev–Trinajstić information content (AvgIpc) is 2.48. The predicted octanol–water partition coefficient (Wildman–Crippen LogP) is 1.17. The lowest BCUT2D eigenvalue weighted by molar-refractivity contribution is 0.573. The molecular weight excluding hydrogens is 234 g/mol. The molecule has 0 spiro atoms. The number of hydrogen-bond acceptors (Lipinski definition) is 3. The van der Waals surface area contributed by atoms with E-state index in [1.54, 1.807) is 0 Å². The van der Waals surface area contributed by atoms with Crippen LogP contribution in [0.3, 0.4) is 0 Å². The van der Waals surface area contributed by atoms with Gasteiger partial charge in [-0.25, -0.2) is 4.98 Å². The second-order valence-corrected chi connectivity index (χ2v) is 4.99. The minimum absolute atomic E-state index is 0.471. The molecule has 2 heterocycles. The molecular formula is C16H23N3. The quantitative estimate of drug-likeness (QED) is 0.884. The number of rotatable bonds is 3. The number of pyridine rings is 1. The lowest BCUT2D eigenvalue weighted by Crippen LogP contribution is -2.35. The Morgan fingerprint density at radius 3 is 2.74 bits per heavy atom. The van der Waals surface area contributed by atoms with Crippen LogP contribution in [0.5, 0.6) is 0 Å². The summed E-state index contributed by atoms with van der Waals surface area (Å²) in [5.74, 6) is 1.07. The normalized spacial score (nSPS) is 17.9. The Labute approximate surface area is 115 Å². The third kappa shape index (κ3) is 3.44. The lowest BCUT2D eigenvalue weighted by atomic mass is 10.1. The first-order chi connectivity index (χ1) is 9.24. The van der Waals surface area contributed by atoms with Crippen molar-refractivity contribution in [1.82, 2.24) is 4.98 Å². The van der Waals surface area contributed by atoms with Crippen molar-refractivity contribution in [3.8, 4) is 0 Å². The van der Waals surface area contributed by atoms with E-state index in [0.29, 0.717) is 6.54 Å². The Kier molecular flexibility index (Phi) is 4.74. The van der Waals surface area contributed by atoms with Crippen LogP contribution in [0.1, 0.15) is 26.2 Å². The molecule has 0 radical (unpaired) electrons. The number of anilines is 1. The van der Waals surface area contributed by atoms with E-state index in [-0.39, 0.29) is 0 Å². The maximum Gasteiger partial charge on any atom is 0.129 e. The minimum atomic E-state index is 0.471. The van der Waals surface area contributed by atoms with Crippen LogP contribution in [0.4, 0.5) is 5.82 Å². The molecule has 0 saturated carbocycles. The molecule has 1 aromatic heterocycles. The fourth-order valence-electron chi connectivity index (χ4n) is 2.39. The highest BCUT2D eigenvalue weighted by molar-refractivity contribution is 5.48. The lowest BCUT2D eigenvalue weighted by Gasteiger charge is -2.27. The second-order valence-electron chi connectivity index (χ2n) is 4.99. The Bertz CT molecular complexity index is 554. The van der Waals surface area contributed by atoms with Crippen molar-refractivity contribution < 1.29 is 0 Å². The number of piperidine rings is 1. The van der Waals surface area contributed by atoms with Gasteiger partial charge >= 0.3 is 0 Å². The third-order valence-electron chi connectivity index (χ3n) is 3.54.